The first-order valence-corrected chi connectivity index (χ1v) is 7.01. The summed E-state index contributed by atoms with van der Waals surface area (Å²) in [5, 5.41) is 3.36. The molecule has 19 heavy (non-hydrogen) atoms. The summed E-state index contributed by atoms with van der Waals surface area (Å²) >= 11 is 0. The Morgan fingerprint density at radius 2 is 1.84 bits per heavy atom. The first kappa shape index (κ1) is 14.1. The molecule has 0 spiro atoms. The number of nitrogens with zero attached hydrogens (tertiary/aromatic N) is 2. The maximum Gasteiger partial charge on any atom is 0.226 e. The molecular formula is C15H25N3O. The highest BCUT2D eigenvalue weighted by Crippen LogP contribution is 2.68. The van der Waals surface area contributed by atoms with Crippen LogP contribution >= 0.6 is 0 Å². The molecule has 1 aromatic rings. The molecule has 0 aliphatic heterocycles. The summed E-state index contributed by atoms with van der Waals surface area (Å²) in [5.74, 6) is 1.97. The second-order valence-electron chi connectivity index (χ2n) is 6.48. The van der Waals surface area contributed by atoms with Gasteiger partial charge in [0, 0.05) is 18.3 Å². The van der Waals surface area contributed by atoms with Crippen molar-refractivity contribution in [2.24, 2.45) is 16.7 Å². The fraction of sp³-hybridized carbons (Fsp3) is 0.733. The van der Waals surface area contributed by atoms with Crippen molar-refractivity contribution < 1.29 is 4.74 Å². The van der Waals surface area contributed by atoms with Gasteiger partial charge >= 0.3 is 0 Å². The van der Waals surface area contributed by atoms with E-state index in [0.717, 1.165) is 12.2 Å². The van der Waals surface area contributed by atoms with E-state index in [9.17, 15) is 0 Å². The van der Waals surface area contributed by atoms with Crippen molar-refractivity contribution in [1.29, 1.82) is 0 Å². The van der Waals surface area contributed by atoms with Gasteiger partial charge in [-0.2, -0.15) is 4.98 Å². The molecule has 0 atom stereocenters. The largest absolute Gasteiger partial charge is 0.478 e. The van der Waals surface area contributed by atoms with E-state index in [1.54, 1.807) is 0 Å². The van der Waals surface area contributed by atoms with E-state index >= 15 is 0 Å². The van der Waals surface area contributed by atoms with E-state index < -0.39 is 0 Å². The van der Waals surface area contributed by atoms with E-state index in [2.05, 4.69) is 43.0 Å². The minimum absolute atomic E-state index is 0.382. The van der Waals surface area contributed by atoms with Crippen molar-refractivity contribution in [3.05, 3.63) is 11.8 Å². The number of hydrogen-bond acceptors (Lipinski definition) is 4. The number of ether oxygens (including phenoxy) is 1. The van der Waals surface area contributed by atoms with Crippen LogP contribution in [-0.4, -0.2) is 23.1 Å². The van der Waals surface area contributed by atoms with Crippen LogP contribution in [0.25, 0.3) is 0 Å². The molecule has 1 fully saturated rings. The van der Waals surface area contributed by atoms with Gasteiger partial charge < -0.3 is 10.1 Å². The van der Waals surface area contributed by atoms with Crippen molar-refractivity contribution >= 4 is 5.95 Å². The van der Waals surface area contributed by atoms with Crippen LogP contribution in [-0.2, 0) is 0 Å². The molecule has 0 bridgehead atoms. The highest BCUT2D eigenvalue weighted by atomic mass is 16.5. The lowest BCUT2D eigenvalue weighted by Crippen LogP contribution is -2.11. The predicted molar refractivity (Wildman–Crippen MR) is 77.5 cm³/mol. The summed E-state index contributed by atoms with van der Waals surface area (Å²) in [7, 11) is 0. The molecule has 1 aromatic heterocycles. The highest BCUT2D eigenvalue weighted by Gasteiger charge is 2.64. The van der Waals surface area contributed by atoms with Gasteiger partial charge in [0.2, 0.25) is 11.8 Å². The molecule has 0 aromatic carbocycles. The minimum atomic E-state index is 0.382. The molecule has 2 rings (SSSR count). The van der Waals surface area contributed by atoms with Crippen molar-refractivity contribution in [2.45, 2.75) is 41.5 Å². The first-order valence-electron chi connectivity index (χ1n) is 7.01. The van der Waals surface area contributed by atoms with Gasteiger partial charge in [-0.25, -0.2) is 4.98 Å². The predicted octanol–water partition coefficient (Wildman–Crippen LogP) is 3.28. The Balaban J connectivity index is 2.01. The lowest BCUT2D eigenvalue weighted by Gasteiger charge is -2.09. The minimum Gasteiger partial charge on any atom is -0.478 e. The molecule has 1 aliphatic rings. The van der Waals surface area contributed by atoms with E-state index in [4.69, 9.17) is 4.74 Å². The first-order chi connectivity index (χ1) is 8.79. The monoisotopic (exact) mass is 263 g/mol. The molecule has 0 unspecified atom stereocenters. The van der Waals surface area contributed by atoms with Crippen LogP contribution in [0.1, 0.15) is 40.3 Å². The Labute approximate surface area is 116 Å². The quantitative estimate of drug-likeness (QED) is 0.885. The van der Waals surface area contributed by atoms with Crippen LogP contribution in [0, 0.1) is 23.7 Å². The molecule has 4 nitrogen and oxygen atoms in total. The van der Waals surface area contributed by atoms with Gasteiger partial charge in [0.25, 0.3) is 0 Å². The number of nitrogens with one attached hydrogen (secondary N) is 1. The number of rotatable bonds is 5. The van der Waals surface area contributed by atoms with Crippen LogP contribution < -0.4 is 10.1 Å². The maximum absolute atomic E-state index is 5.44. The molecule has 0 amide bonds. The van der Waals surface area contributed by atoms with Crippen molar-refractivity contribution in [3.63, 3.8) is 0 Å². The zero-order valence-electron chi connectivity index (χ0n) is 12.9. The van der Waals surface area contributed by atoms with Gasteiger partial charge in [0.1, 0.15) is 0 Å². The SMILES string of the molecule is CCOc1cc(C)nc(NCC2C(C)(C)C2(C)C)n1. The Hall–Kier alpha value is -1.32. The fourth-order valence-electron chi connectivity index (χ4n) is 2.88. The molecule has 106 valence electrons. The zero-order valence-corrected chi connectivity index (χ0v) is 12.9. The summed E-state index contributed by atoms with van der Waals surface area (Å²) in [6, 6.07) is 1.86. The van der Waals surface area contributed by atoms with Crippen molar-refractivity contribution in [2.75, 3.05) is 18.5 Å². The second kappa shape index (κ2) is 4.66. The van der Waals surface area contributed by atoms with E-state index in [0.29, 0.717) is 35.2 Å². The molecule has 1 aliphatic carbocycles. The summed E-state index contributed by atoms with van der Waals surface area (Å²) in [5.41, 5.74) is 1.69. The van der Waals surface area contributed by atoms with Crippen LogP contribution in [0.4, 0.5) is 5.95 Å². The van der Waals surface area contributed by atoms with Crippen LogP contribution in [0.5, 0.6) is 5.88 Å². The van der Waals surface area contributed by atoms with Gasteiger partial charge in [0.05, 0.1) is 6.61 Å². The lowest BCUT2D eigenvalue weighted by molar-refractivity contribution is 0.326. The fourth-order valence-corrected chi connectivity index (χ4v) is 2.88. The van der Waals surface area contributed by atoms with Gasteiger partial charge in [-0.05, 0) is 30.6 Å². The molecule has 1 heterocycles. The van der Waals surface area contributed by atoms with Crippen LogP contribution in [0.3, 0.4) is 0 Å². The Morgan fingerprint density at radius 1 is 1.21 bits per heavy atom. The number of aromatic nitrogens is 2. The highest BCUT2D eigenvalue weighted by molar-refractivity contribution is 5.32. The van der Waals surface area contributed by atoms with Gasteiger partial charge in [-0.15, -0.1) is 0 Å². The molecule has 4 heteroatoms. The summed E-state index contributed by atoms with van der Waals surface area (Å²) in [4.78, 5) is 8.78. The Morgan fingerprint density at radius 3 is 2.37 bits per heavy atom. The standard InChI is InChI=1S/C15H25N3O/c1-7-19-12-8-10(2)17-13(18-12)16-9-11-14(3,4)15(11,5)6/h8,11H,7,9H2,1-6H3,(H,16,17,18). The zero-order chi connectivity index (χ0) is 14.3. The molecule has 1 N–H and O–H groups in total. The lowest BCUT2D eigenvalue weighted by atomic mass is 10.0. The van der Waals surface area contributed by atoms with Gasteiger partial charge in [-0.1, -0.05) is 27.7 Å². The number of hydrogen-bond donors (Lipinski definition) is 1. The molecule has 0 radical (unpaired) electrons. The summed E-state index contributed by atoms with van der Waals surface area (Å²) in [6.07, 6.45) is 0. The van der Waals surface area contributed by atoms with Gasteiger partial charge in [0.15, 0.2) is 0 Å². The Bertz CT molecular complexity index is 454. The second-order valence-corrected chi connectivity index (χ2v) is 6.48. The average Bonchev–Trinajstić information content (AvgIpc) is 2.66. The third-order valence-electron chi connectivity index (χ3n) is 4.91. The normalized spacial score (nSPS) is 20.1. The topological polar surface area (TPSA) is 47.0 Å². The molecule has 1 saturated carbocycles. The average molecular weight is 263 g/mol. The third-order valence-corrected chi connectivity index (χ3v) is 4.91. The van der Waals surface area contributed by atoms with E-state index in [1.807, 2.05) is 19.9 Å². The smallest absolute Gasteiger partial charge is 0.226 e. The van der Waals surface area contributed by atoms with Crippen LogP contribution in [0.15, 0.2) is 6.07 Å². The molecular weight excluding hydrogens is 238 g/mol. The number of anilines is 1. The maximum atomic E-state index is 5.44. The molecule has 0 saturated heterocycles. The van der Waals surface area contributed by atoms with Gasteiger partial charge in [-0.3, -0.25) is 0 Å². The van der Waals surface area contributed by atoms with Crippen molar-refractivity contribution in [3.8, 4) is 5.88 Å². The third kappa shape index (κ3) is 2.53. The van der Waals surface area contributed by atoms with E-state index in [1.165, 1.54) is 0 Å². The summed E-state index contributed by atoms with van der Waals surface area (Å²) in [6.45, 7) is 14.7. The Kier molecular flexibility index (Phi) is 3.45. The van der Waals surface area contributed by atoms with Crippen molar-refractivity contribution in [1.82, 2.24) is 9.97 Å². The van der Waals surface area contributed by atoms with E-state index in [-0.39, 0.29) is 0 Å². The van der Waals surface area contributed by atoms with Crippen LogP contribution in [0.2, 0.25) is 0 Å². The number of aryl methyl sites for hydroxylation is 1. The summed E-state index contributed by atoms with van der Waals surface area (Å²) < 4.78 is 5.44.